The quantitative estimate of drug-likeness (QED) is 0.485. The van der Waals surface area contributed by atoms with E-state index in [1.165, 1.54) is 11.1 Å². The molecule has 1 aromatic carbocycles. The summed E-state index contributed by atoms with van der Waals surface area (Å²) in [5.74, 6) is 0. The van der Waals surface area contributed by atoms with Crippen molar-refractivity contribution in [2.45, 2.75) is 13.8 Å². The lowest BCUT2D eigenvalue weighted by molar-refractivity contribution is 1.39. The van der Waals surface area contributed by atoms with E-state index in [1.54, 1.807) is 0 Å². The Morgan fingerprint density at radius 3 is 1.67 bits per heavy atom. The molecule has 1 unspecified atom stereocenters. The second-order valence-corrected chi connectivity index (χ2v) is 2.16. The molecule has 0 heterocycles. The van der Waals surface area contributed by atoms with Crippen molar-refractivity contribution in [2.75, 3.05) is 0 Å². The molecular formula is C8H13P. The van der Waals surface area contributed by atoms with Gasteiger partial charge in [-0.25, -0.2) is 0 Å². The van der Waals surface area contributed by atoms with E-state index in [2.05, 4.69) is 38.1 Å². The summed E-state index contributed by atoms with van der Waals surface area (Å²) in [6.07, 6.45) is 0. The van der Waals surface area contributed by atoms with Crippen molar-refractivity contribution in [3.05, 3.63) is 35.4 Å². The predicted molar refractivity (Wildman–Crippen MR) is 47.0 cm³/mol. The van der Waals surface area contributed by atoms with Gasteiger partial charge in [0.05, 0.1) is 0 Å². The van der Waals surface area contributed by atoms with Crippen LogP contribution in [-0.2, 0) is 0 Å². The van der Waals surface area contributed by atoms with Crippen molar-refractivity contribution in [1.82, 2.24) is 0 Å². The summed E-state index contributed by atoms with van der Waals surface area (Å²) in [6, 6.07) is 8.45. The summed E-state index contributed by atoms with van der Waals surface area (Å²) >= 11 is 0. The molecule has 1 rings (SSSR count). The first-order chi connectivity index (χ1) is 3.79. The van der Waals surface area contributed by atoms with Gasteiger partial charge in [0.25, 0.3) is 0 Å². The Morgan fingerprint density at radius 1 is 1.00 bits per heavy atom. The third-order valence-corrected chi connectivity index (χ3v) is 1.17. The van der Waals surface area contributed by atoms with Crippen LogP contribution in [-0.4, -0.2) is 0 Å². The van der Waals surface area contributed by atoms with Crippen LogP contribution in [0.5, 0.6) is 0 Å². The predicted octanol–water partition coefficient (Wildman–Crippen LogP) is 2.36. The van der Waals surface area contributed by atoms with Crippen LogP contribution in [0.2, 0.25) is 0 Å². The molecule has 0 bridgehead atoms. The summed E-state index contributed by atoms with van der Waals surface area (Å²) in [7, 11) is 0. The van der Waals surface area contributed by atoms with Crippen molar-refractivity contribution in [1.29, 1.82) is 0 Å². The average Bonchev–Trinajstić information content (AvgIpc) is 1.64. The largest absolute Gasteiger partial charge is 0.153 e. The molecule has 0 fully saturated rings. The minimum atomic E-state index is 0. The molecule has 9 heavy (non-hydrogen) atoms. The van der Waals surface area contributed by atoms with Gasteiger partial charge in [-0.2, -0.15) is 9.90 Å². The summed E-state index contributed by atoms with van der Waals surface area (Å²) in [5.41, 5.74) is 2.68. The number of hydrogen-bond donors (Lipinski definition) is 0. The standard InChI is InChI=1S/C8H10.H3P/c1-7-4-3-5-8(2)6-7;/h3-6H,1-2H3;1H3. The van der Waals surface area contributed by atoms with Gasteiger partial charge >= 0.3 is 0 Å². The fraction of sp³-hybridized carbons (Fsp3) is 0.250. The lowest BCUT2D eigenvalue weighted by Crippen LogP contribution is -1.71. The second-order valence-electron chi connectivity index (χ2n) is 2.16. The number of aryl methyl sites for hydroxylation is 2. The Labute approximate surface area is 59.9 Å². The Balaban J connectivity index is 0.000000640. The molecule has 1 aromatic rings. The number of benzene rings is 1. The van der Waals surface area contributed by atoms with Gasteiger partial charge in [0, 0.05) is 0 Å². The van der Waals surface area contributed by atoms with Gasteiger partial charge in [0.2, 0.25) is 0 Å². The minimum absolute atomic E-state index is 0. The zero-order chi connectivity index (χ0) is 5.98. The third-order valence-electron chi connectivity index (χ3n) is 1.17. The fourth-order valence-corrected chi connectivity index (χ4v) is 0.807. The Hall–Kier alpha value is -0.350. The van der Waals surface area contributed by atoms with Crippen LogP contribution in [0.25, 0.3) is 0 Å². The maximum absolute atomic E-state index is 2.17. The summed E-state index contributed by atoms with van der Waals surface area (Å²) in [4.78, 5) is 0. The molecule has 0 nitrogen and oxygen atoms in total. The average molecular weight is 140 g/mol. The highest BCUT2D eigenvalue weighted by molar-refractivity contribution is 6.92. The van der Waals surface area contributed by atoms with Gasteiger partial charge in [0.15, 0.2) is 0 Å². The first-order valence-electron chi connectivity index (χ1n) is 2.82. The highest BCUT2D eigenvalue weighted by Crippen LogP contribution is 2.00. The molecule has 0 aliphatic heterocycles. The van der Waals surface area contributed by atoms with Crippen LogP contribution in [0, 0.1) is 13.8 Å². The molecule has 1 heteroatoms. The maximum Gasteiger partial charge on any atom is -0.0398 e. The van der Waals surface area contributed by atoms with Crippen molar-refractivity contribution >= 4 is 9.90 Å². The van der Waals surface area contributed by atoms with Crippen molar-refractivity contribution in [3.8, 4) is 0 Å². The lowest BCUT2D eigenvalue weighted by atomic mass is 10.2. The van der Waals surface area contributed by atoms with Gasteiger partial charge in [-0.1, -0.05) is 35.4 Å². The monoisotopic (exact) mass is 140 g/mol. The molecular weight excluding hydrogens is 127 g/mol. The van der Waals surface area contributed by atoms with E-state index in [-0.39, 0.29) is 9.90 Å². The summed E-state index contributed by atoms with van der Waals surface area (Å²) < 4.78 is 0. The first kappa shape index (κ1) is 8.65. The first-order valence-corrected chi connectivity index (χ1v) is 2.82. The van der Waals surface area contributed by atoms with Gasteiger partial charge in [-0.15, -0.1) is 0 Å². The van der Waals surface area contributed by atoms with Gasteiger partial charge in [0.1, 0.15) is 0 Å². The van der Waals surface area contributed by atoms with E-state index in [1.807, 2.05) is 0 Å². The Bertz CT molecular complexity index is 164. The normalized spacial score (nSPS) is 8.22. The van der Waals surface area contributed by atoms with Crippen molar-refractivity contribution in [3.63, 3.8) is 0 Å². The van der Waals surface area contributed by atoms with E-state index in [4.69, 9.17) is 0 Å². The summed E-state index contributed by atoms with van der Waals surface area (Å²) in [5, 5.41) is 0. The second kappa shape index (κ2) is 3.63. The Kier molecular flexibility index (Phi) is 3.49. The molecule has 0 amide bonds. The number of rotatable bonds is 0. The third kappa shape index (κ3) is 2.62. The number of hydrogen-bond acceptors (Lipinski definition) is 0. The lowest BCUT2D eigenvalue weighted by Gasteiger charge is -1.90. The van der Waals surface area contributed by atoms with Crippen LogP contribution in [0.3, 0.4) is 0 Å². The Morgan fingerprint density at radius 2 is 1.44 bits per heavy atom. The topological polar surface area (TPSA) is 0 Å². The van der Waals surface area contributed by atoms with E-state index in [9.17, 15) is 0 Å². The van der Waals surface area contributed by atoms with E-state index in [0.717, 1.165) is 0 Å². The fourth-order valence-electron chi connectivity index (χ4n) is 0.807. The van der Waals surface area contributed by atoms with Gasteiger partial charge in [-0.05, 0) is 13.8 Å². The molecule has 0 saturated carbocycles. The zero-order valence-electron chi connectivity index (χ0n) is 6.02. The van der Waals surface area contributed by atoms with Crippen LogP contribution < -0.4 is 0 Å². The molecule has 0 saturated heterocycles. The maximum atomic E-state index is 2.17. The highest BCUT2D eigenvalue weighted by Gasteiger charge is 1.80. The summed E-state index contributed by atoms with van der Waals surface area (Å²) in [6.45, 7) is 4.21. The van der Waals surface area contributed by atoms with Crippen LogP contribution in [0.15, 0.2) is 24.3 Å². The highest BCUT2D eigenvalue weighted by atomic mass is 31.0. The van der Waals surface area contributed by atoms with E-state index in [0.29, 0.717) is 0 Å². The molecule has 50 valence electrons. The SMILES string of the molecule is Cc1cccc(C)c1.P. The van der Waals surface area contributed by atoms with Crippen LogP contribution in [0.1, 0.15) is 11.1 Å². The van der Waals surface area contributed by atoms with Gasteiger partial charge in [-0.3, -0.25) is 0 Å². The van der Waals surface area contributed by atoms with E-state index < -0.39 is 0 Å². The molecule has 0 aromatic heterocycles. The molecule has 0 spiro atoms. The zero-order valence-corrected chi connectivity index (χ0v) is 7.43. The van der Waals surface area contributed by atoms with Crippen molar-refractivity contribution in [2.24, 2.45) is 0 Å². The van der Waals surface area contributed by atoms with E-state index >= 15 is 0 Å². The molecule has 0 N–H and O–H groups in total. The molecule has 0 radical (unpaired) electrons. The molecule has 0 aliphatic carbocycles. The molecule has 0 aliphatic rings. The van der Waals surface area contributed by atoms with Crippen molar-refractivity contribution < 1.29 is 0 Å². The minimum Gasteiger partial charge on any atom is -0.153 e. The van der Waals surface area contributed by atoms with Crippen LogP contribution in [0.4, 0.5) is 0 Å². The van der Waals surface area contributed by atoms with Crippen LogP contribution >= 0.6 is 9.90 Å². The molecule has 1 atom stereocenters. The van der Waals surface area contributed by atoms with Gasteiger partial charge < -0.3 is 0 Å². The smallest absolute Gasteiger partial charge is 0.0398 e.